The van der Waals surface area contributed by atoms with Gasteiger partial charge in [-0.3, -0.25) is 9.89 Å². The summed E-state index contributed by atoms with van der Waals surface area (Å²) >= 11 is 0. The van der Waals surface area contributed by atoms with E-state index in [9.17, 15) is 4.79 Å². The Balaban J connectivity index is 2.09. The molecule has 18 heavy (non-hydrogen) atoms. The van der Waals surface area contributed by atoms with Gasteiger partial charge in [-0.25, -0.2) is 0 Å². The average molecular weight is 250 g/mol. The van der Waals surface area contributed by atoms with Gasteiger partial charge < -0.3 is 10.6 Å². The maximum atomic E-state index is 12.5. The first-order valence-corrected chi connectivity index (χ1v) is 6.64. The molecule has 3 N–H and O–H groups in total. The van der Waals surface area contributed by atoms with Gasteiger partial charge in [0.25, 0.3) is 5.91 Å². The zero-order valence-corrected chi connectivity index (χ0v) is 11.2. The van der Waals surface area contributed by atoms with Crippen LogP contribution < -0.4 is 5.73 Å². The minimum Gasteiger partial charge on any atom is -0.338 e. The van der Waals surface area contributed by atoms with Crippen LogP contribution in [0.15, 0.2) is 0 Å². The lowest BCUT2D eigenvalue weighted by molar-refractivity contribution is 0.0668. The lowest BCUT2D eigenvalue weighted by Gasteiger charge is -2.32. The number of nitrogens with zero attached hydrogens (tertiary/aromatic N) is 2. The van der Waals surface area contributed by atoms with E-state index in [2.05, 4.69) is 10.2 Å². The number of carbonyl (C=O) groups excluding carboxylic acids is 1. The smallest absolute Gasteiger partial charge is 0.257 e. The summed E-state index contributed by atoms with van der Waals surface area (Å²) in [5.41, 5.74) is 7.99. The van der Waals surface area contributed by atoms with Gasteiger partial charge in [0.2, 0.25) is 0 Å². The molecular formula is C13H22N4O. The monoisotopic (exact) mass is 250 g/mol. The Labute approximate surface area is 108 Å². The number of rotatable bonds is 3. The van der Waals surface area contributed by atoms with E-state index >= 15 is 0 Å². The van der Waals surface area contributed by atoms with E-state index in [1.807, 2.05) is 18.7 Å². The number of piperidine rings is 1. The minimum atomic E-state index is 0.112. The number of carbonyl (C=O) groups is 1. The van der Waals surface area contributed by atoms with Crippen LogP contribution in [0, 0.1) is 19.8 Å². The molecule has 1 aromatic heterocycles. The molecule has 1 aromatic rings. The van der Waals surface area contributed by atoms with E-state index < -0.39 is 0 Å². The molecular weight excluding hydrogens is 228 g/mol. The van der Waals surface area contributed by atoms with E-state index in [0.29, 0.717) is 12.5 Å². The van der Waals surface area contributed by atoms with Gasteiger partial charge in [0, 0.05) is 18.8 Å². The molecule has 0 bridgehead atoms. The molecule has 1 saturated heterocycles. The number of amides is 1. The van der Waals surface area contributed by atoms with Crippen LogP contribution in [0.1, 0.15) is 41.0 Å². The number of aromatic amines is 1. The summed E-state index contributed by atoms with van der Waals surface area (Å²) in [6.45, 7) is 6.16. The van der Waals surface area contributed by atoms with Crippen molar-refractivity contribution in [2.45, 2.75) is 33.1 Å². The van der Waals surface area contributed by atoms with Crippen LogP contribution in [0.25, 0.3) is 0 Å². The number of aromatic nitrogens is 2. The molecule has 1 atom stereocenters. The van der Waals surface area contributed by atoms with Gasteiger partial charge in [0.15, 0.2) is 0 Å². The maximum Gasteiger partial charge on any atom is 0.257 e. The van der Waals surface area contributed by atoms with Crippen LogP contribution in [0.5, 0.6) is 0 Å². The van der Waals surface area contributed by atoms with Crippen LogP contribution in [0.3, 0.4) is 0 Å². The van der Waals surface area contributed by atoms with Crippen molar-refractivity contribution < 1.29 is 4.79 Å². The van der Waals surface area contributed by atoms with Gasteiger partial charge in [-0.05, 0) is 45.6 Å². The molecule has 1 aliphatic heterocycles. The quantitative estimate of drug-likeness (QED) is 0.847. The molecule has 0 radical (unpaired) electrons. The number of likely N-dealkylation sites (tertiary alicyclic amines) is 1. The van der Waals surface area contributed by atoms with Crippen molar-refractivity contribution in [2.75, 3.05) is 19.6 Å². The van der Waals surface area contributed by atoms with Crippen LogP contribution in [0.2, 0.25) is 0 Å². The Hall–Kier alpha value is -1.36. The third kappa shape index (κ3) is 2.56. The van der Waals surface area contributed by atoms with E-state index in [1.54, 1.807) is 0 Å². The maximum absolute atomic E-state index is 12.5. The molecule has 0 aromatic carbocycles. The molecule has 1 unspecified atom stereocenters. The van der Waals surface area contributed by atoms with Gasteiger partial charge in [0.05, 0.1) is 11.3 Å². The Morgan fingerprint density at radius 1 is 1.56 bits per heavy atom. The lowest BCUT2D eigenvalue weighted by Crippen LogP contribution is -2.40. The van der Waals surface area contributed by atoms with Crippen LogP contribution in [-0.4, -0.2) is 40.6 Å². The SMILES string of the molecule is Cc1n[nH]c(C)c1C(=O)N1CCCC(CCN)C1. The molecule has 100 valence electrons. The van der Waals surface area contributed by atoms with Crippen molar-refractivity contribution in [2.24, 2.45) is 11.7 Å². The van der Waals surface area contributed by atoms with Crippen molar-refractivity contribution in [3.8, 4) is 0 Å². The van der Waals surface area contributed by atoms with E-state index in [-0.39, 0.29) is 5.91 Å². The first-order chi connectivity index (χ1) is 8.63. The lowest BCUT2D eigenvalue weighted by atomic mass is 9.94. The van der Waals surface area contributed by atoms with Gasteiger partial charge in [-0.1, -0.05) is 0 Å². The molecule has 0 saturated carbocycles. The second-order valence-corrected chi connectivity index (χ2v) is 5.15. The van der Waals surface area contributed by atoms with Crippen LogP contribution in [-0.2, 0) is 0 Å². The average Bonchev–Trinajstić information content (AvgIpc) is 2.69. The van der Waals surface area contributed by atoms with Gasteiger partial charge in [-0.2, -0.15) is 5.10 Å². The zero-order valence-electron chi connectivity index (χ0n) is 11.2. The molecule has 1 aliphatic rings. The molecule has 5 nitrogen and oxygen atoms in total. The molecule has 5 heteroatoms. The Kier molecular flexibility index (Phi) is 4.01. The fourth-order valence-corrected chi connectivity index (χ4v) is 2.74. The summed E-state index contributed by atoms with van der Waals surface area (Å²) in [7, 11) is 0. The van der Waals surface area contributed by atoms with Crippen LogP contribution in [0.4, 0.5) is 0 Å². The highest BCUT2D eigenvalue weighted by Gasteiger charge is 2.26. The van der Waals surface area contributed by atoms with E-state index in [1.165, 1.54) is 6.42 Å². The largest absolute Gasteiger partial charge is 0.338 e. The summed E-state index contributed by atoms with van der Waals surface area (Å²) in [6.07, 6.45) is 3.27. The third-order valence-electron chi connectivity index (χ3n) is 3.72. The number of H-pyrrole nitrogens is 1. The first kappa shape index (κ1) is 13.1. The molecule has 2 heterocycles. The van der Waals surface area contributed by atoms with Gasteiger partial charge >= 0.3 is 0 Å². The van der Waals surface area contributed by atoms with Crippen molar-refractivity contribution in [3.05, 3.63) is 17.0 Å². The molecule has 0 aliphatic carbocycles. The molecule has 2 rings (SSSR count). The standard InChI is InChI=1S/C13H22N4O/c1-9-12(10(2)16-15-9)13(18)17-7-3-4-11(8-17)5-6-14/h11H,3-8,14H2,1-2H3,(H,15,16). The third-order valence-corrected chi connectivity index (χ3v) is 3.72. The zero-order chi connectivity index (χ0) is 13.1. The number of aryl methyl sites for hydroxylation is 2. The summed E-state index contributed by atoms with van der Waals surface area (Å²) in [5, 5.41) is 6.97. The van der Waals surface area contributed by atoms with Crippen LogP contribution >= 0.6 is 0 Å². The minimum absolute atomic E-state index is 0.112. The van der Waals surface area contributed by atoms with Crippen molar-refractivity contribution in [3.63, 3.8) is 0 Å². The van der Waals surface area contributed by atoms with E-state index in [0.717, 1.165) is 42.9 Å². The van der Waals surface area contributed by atoms with Crippen molar-refractivity contribution in [1.29, 1.82) is 0 Å². The normalized spacial score (nSPS) is 20.2. The van der Waals surface area contributed by atoms with Gasteiger partial charge in [0.1, 0.15) is 0 Å². The fraction of sp³-hybridized carbons (Fsp3) is 0.692. The second-order valence-electron chi connectivity index (χ2n) is 5.15. The summed E-state index contributed by atoms with van der Waals surface area (Å²) in [5.74, 6) is 0.667. The van der Waals surface area contributed by atoms with Crippen molar-refractivity contribution in [1.82, 2.24) is 15.1 Å². The fourth-order valence-electron chi connectivity index (χ4n) is 2.74. The summed E-state index contributed by atoms with van der Waals surface area (Å²) in [4.78, 5) is 14.4. The molecule has 1 amide bonds. The van der Waals surface area contributed by atoms with Crippen molar-refractivity contribution >= 4 is 5.91 Å². The highest BCUT2D eigenvalue weighted by Crippen LogP contribution is 2.22. The number of nitrogens with two attached hydrogens (primary N) is 1. The number of nitrogens with one attached hydrogen (secondary N) is 1. The number of hydrogen-bond donors (Lipinski definition) is 2. The Morgan fingerprint density at radius 3 is 2.94 bits per heavy atom. The Morgan fingerprint density at radius 2 is 2.33 bits per heavy atom. The predicted molar refractivity (Wildman–Crippen MR) is 70.4 cm³/mol. The number of hydrogen-bond acceptors (Lipinski definition) is 3. The molecule has 1 fully saturated rings. The Bertz CT molecular complexity index is 405. The first-order valence-electron chi connectivity index (χ1n) is 6.64. The van der Waals surface area contributed by atoms with Gasteiger partial charge in [-0.15, -0.1) is 0 Å². The summed E-state index contributed by atoms with van der Waals surface area (Å²) in [6, 6.07) is 0. The predicted octanol–water partition coefficient (Wildman–Crippen LogP) is 1.23. The summed E-state index contributed by atoms with van der Waals surface area (Å²) < 4.78 is 0. The highest BCUT2D eigenvalue weighted by molar-refractivity contribution is 5.96. The van der Waals surface area contributed by atoms with E-state index in [4.69, 9.17) is 5.73 Å². The topological polar surface area (TPSA) is 75.0 Å². The highest BCUT2D eigenvalue weighted by atomic mass is 16.2. The molecule has 0 spiro atoms. The second kappa shape index (κ2) is 5.52.